The van der Waals surface area contributed by atoms with Crippen LogP contribution >= 0.6 is 0 Å². The number of ether oxygens (including phenoxy) is 1. The van der Waals surface area contributed by atoms with Gasteiger partial charge in [-0.15, -0.1) is 13.2 Å². The molecule has 0 saturated heterocycles. The summed E-state index contributed by atoms with van der Waals surface area (Å²) in [4.78, 5) is 10.9. The van der Waals surface area contributed by atoms with E-state index in [4.69, 9.17) is 5.11 Å². The lowest BCUT2D eigenvalue weighted by Crippen LogP contribution is -2.17. The lowest BCUT2D eigenvalue weighted by Gasteiger charge is -2.12. The summed E-state index contributed by atoms with van der Waals surface area (Å²) >= 11 is 0. The number of halogens is 3. The summed E-state index contributed by atoms with van der Waals surface area (Å²) in [7, 11) is 0. The Balaban J connectivity index is 2.64. The topological polar surface area (TPSA) is 46.5 Å². The summed E-state index contributed by atoms with van der Waals surface area (Å²) in [5.41, 5.74) is -0.0693. The Kier molecular flexibility index (Phi) is 2.86. The zero-order valence-corrected chi connectivity index (χ0v) is 8.86. The molecule has 2 rings (SSSR count). The smallest absolute Gasteiger partial charge is 0.478 e. The standard InChI is InChI=1S/C12H7F3O3/c13-12(14,15)18-10-6-2-3-7-8(10)4-1-5-9(7)11(16)17/h1-6H,(H,16,17). The lowest BCUT2D eigenvalue weighted by atomic mass is 10.0. The maximum Gasteiger partial charge on any atom is 0.573 e. The second kappa shape index (κ2) is 4.21. The number of alkyl halides is 3. The molecular formula is C12H7F3O3. The molecule has 0 spiro atoms. The van der Waals surface area contributed by atoms with Crippen LogP contribution in [0.5, 0.6) is 5.75 Å². The molecule has 0 aromatic heterocycles. The Bertz CT molecular complexity index is 605. The molecule has 18 heavy (non-hydrogen) atoms. The van der Waals surface area contributed by atoms with Crippen molar-refractivity contribution in [2.45, 2.75) is 6.36 Å². The van der Waals surface area contributed by atoms with Gasteiger partial charge in [0.15, 0.2) is 0 Å². The Hall–Kier alpha value is -2.24. The van der Waals surface area contributed by atoms with E-state index in [2.05, 4.69) is 4.74 Å². The van der Waals surface area contributed by atoms with Gasteiger partial charge < -0.3 is 9.84 Å². The summed E-state index contributed by atoms with van der Waals surface area (Å²) in [5.74, 6) is -1.62. The molecule has 2 aromatic rings. The predicted octanol–water partition coefficient (Wildman–Crippen LogP) is 3.44. The van der Waals surface area contributed by atoms with Gasteiger partial charge in [0.25, 0.3) is 0 Å². The molecule has 0 aliphatic heterocycles. The van der Waals surface area contributed by atoms with E-state index < -0.39 is 18.1 Å². The molecule has 0 aliphatic carbocycles. The van der Waals surface area contributed by atoms with E-state index in [0.717, 1.165) is 6.07 Å². The zero-order chi connectivity index (χ0) is 13.3. The van der Waals surface area contributed by atoms with Gasteiger partial charge in [-0.3, -0.25) is 0 Å². The van der Waals surface area contributed by atoms with Crippen molar-refractivity contribution in [3.8, 4) is 5.75 Å². The van der Waals surface area contributed by atoms with Crippen LogP contribution in [0.3, 0.4) is 0 Å². The number of aromatic carboxylic acids is 1. The van der Waals surface area contributed by atoms with Gasteiger partial charge >= 0.3 is 12.3 Å². The summed E-state index contributed by atoms with van der Waals surface area (Å²) in [6, 6.07) is 7.96. The maximum atomic E-state index is 12.2. The molecule has 6 heteroatoms. The van der Waals surface area contributed by atoms with Gasteiger partial charge in [-0.2, -0.15) is 0 Å². The van der Waals surface area contributed by atoms with E-state index in [9.17, 15) is 18.0 Å². The highest BCUT2D eigenvalue weighted by molar-refractivity contribution is 6.05. The number of carboxylic acid groups (broad SMARTS) is 1. The van der Waals surface area contributed by atoms with E-state index in [1.807, 2.05) is 0 Å². The largest absolute Gasteiger partial charge is 0.573 e. The first-order chi connectivity index (χ1) is 8.38. The number of hydrogen-bond donors (Lipinski definition) is 1. The predicted molar refractivity (Wildman–Crippen MR) is 57.6 cm³/mol. The van der Waals surface area contributed by atoms with Crippen LogP contribution in [0, 0.1) is 0 Å². The highest BCUT2D eigenvalue weighted by Crippen LogP contribution is 2.31. The van der Waals surface area contributed by atoms with Crippen LogP contribution in [-0.4, -0.2) is 17.4 Å². The van der Waals surface area contributed by atoms with Crippen LogP contribution in [0.15, 0.2) is 36.4 Å². The van der Waals surface area contributed by atoms with Crippen molar-refractivity contribution >= 4 is 16.7 Å². The first-order valence-corrected chi connectivity index (χ1v) is 4.89. The fourth-order valence-electron chi connectivity index (χ4n) is 1.68. The number of carboxylic acids is 1. The molecule has 0 radical (unpaired) electrons. The summed E-state index contributed by atoms with van der Waals surface area (Å²) in [6.07, 6.45) is -4.81. The van der Waals surface area contributed by atoms with Gasteiger partial charge in [-0.25, -0.2) is 4.79 Å². The fraction of sp³-hybridized carbons (Fsp3) is 0.0833. The summed E-state index contributed by atoms with van der Waals surface area (Å²) < 4.78 is 40.4. The number of fused-ring (bicyclic) bond motifs is 1. The quantitative estimate of drug-likeness (QED) is 0.895. The highest BCUT2D eigenvalue weighted by atomic mass is 19.4. The Morgan fingerprint density at radius 1 is 1.06 bits per heavy atom. The van der Waals surface area contributed by atoms with Crippen molar-refractivity contribution < 1.29 is 27.8 Å². The molecule has 3 nitrogen and oxygen atoms in total. The molecule has 0 unspecified atom stereocenters. The monoisotopic (exact) mass is 256 g/mol. The molecule has 0 fully saturated rings. The third kappa shape index (κ3) is 2.37. The molecule has 0 aliphatic rings. The highest BCUT2D eigenvalue weighted by Gasteiger charge is 2.31. The van der Waals surface area contributed by atoms with Crippen molar-refractivity contribution in [2.75, 3.05) is 0 Å². The van der Waals surface area contributed by atoms with Crippen LogP contribution in [0.1, 0.15) is 10.4 Å². The van der Waals surface area contributed by atoms with Crippen molar-refractivity contribution in [1.29, 1.82) is 0 Å². The third-order valence-electron chi connectivity index (χ3n) is 2.34. The third-order valence-corrected chi connectivity index (χ3v) is 2.34. The molecule has 2 aromatic carbocycles. The molecule has 1 N–H and O–H groups in total. The fourth-order valence-corrected chi connectivity index (χ4v) is 1.68. The molecule has 0 heterocycles. The second-order valence-electron chi connectivity index (χ2n) is 3.51. The van der Waals surface area contributed by atoms with Gasteiger partial charge in [-0.1, -0.05) is 24.3 Å². The average molecular weight is 256 g/mol. The van der Waals surface area contributed by atoms with Crippen molar-refractivity contribution in [3.05, 3.63) is 42.0 Å². The molecule has 0 atom stereocenters. The summed E-state index contributed by atoms with van der Waals surface area (Å²) in [6.45, 7) is 0. The minimum absolute atomic E-state index is 0.0693. The van der Waals surface area contributed by atoms with Crippen LogP contribution in [0.25, 0.3) is 10.8 Å². The van der Waals surface area contributed by atoms with Crippen molar-refractivity contribution in [3.63, 3.8) is 0 Å². The normalized spacial score (nSPS) is 11.5. The minimum atomic E-state index is -4.81. The average Bonchev–Trinajstić information content (AvgIpc) is 2.26. The van der Waals surface area contributed by atoms with Gasteiger partial charge in [0.2, 0.25) is 0 Å². The van der Waals surface area contributed by atoms with Crippen LogP contribution < -0.4 is 4.74 Å². The molecular weight excluding hydrogens is 249 g/mol. The Labute approximate surface area is 99.4 Å². The minimum Gasteiger partial charge on any atom is -0.478 e. The van der Waals surface area contributed by atoms with Crippen LogP contribution in [-0.2, 0) is 0 Å². The van der Waals surface area contributed by atoms with E-state index in [0.29, 0.717) is 0 Å². The number of carbonyl (C=O) groups is 1. The van der Waals surface area contributed by atoms with E-state index in [1.165, 1.54) is 30.3 Å². The first kappa shape index (κ1) is 12.2. The summed E-state index contributed by atoms with van der Waals surface area (Å²) in [5, 5.41) is 9.25. The van der Waals surface area contributed by atoms with Gasteiger partial charge in [0, 0.05) is 5.39 Å². The van der Waals surface area contributed by atoms with Gasteiger partial charge in [0.1, 0.15) is 5.75 Å². The van der Waals surface area contributed by atoms with E-state index >= 15 is 0 Å². The van der Waals surface area contributed by atoms with Crippen molar-refractivity contribution in [1.82, 2.24) is 0 Å². The SMILES string of the molecule is O=C(O)c1cccc2c(OC(F)(F)F)cccc12. The number of benzene rings is 2. The van der Waals surface area contributed by atoms with E-state index in [1.54, 1.807) is 0 Å². The molecule has 94 valence electrons. The second-order valence-corrected chi connectivity index (χ2v) is 3.51. The van der Waals surface area contributed by atoms with Crippen molar-refractivity contribution in [2.24, 2.45) is 0 Å². The maximum absolute atomic E-state index is 12.2. The number of rotatable bonds is 2. The van der Waals surface area contributed by atoms with Crippen LogP contribution in [0.2, 0.25) is 0 Å². The van der Waals surface area contributed by atoms with E-state index in [-0.39, 0.29) is 16.3 Å². The van der Waals surface area contributed by atoms with Gasteiger partial charge in [-0.05, 0) is 17.5 Å². The molecule has 0 amide bonds. The Morgan fingerprint density at radius 3 is 2.28 bits per heavy atom. The molecule has 0 bridgehead atoms. The van der Waals surface area contributed by atoms with Crippen LogP contribution in [0.4, 0.5) is 13.2 Å². The van der Waals surface area contributed by atoms with Gasteiger partial charge in [0.05, 0.1) is 5.56 Å². The first-order valence-electron chi connectivity index (χ1n) is 4.89. The Morgan fingerprint density at radius 2 is 1.67 bits per heavy atom. The lowest BCUT2D eigenvalue weighted by molar-refractivity contribution is -0.274. The zero-order valence-electron chi connectivity index (χ0n) is 8.86. The molecule has 0 saturated carbocycles. The number of hydrogen-bond acceptors (Lipinski definition) is 2.